The van der Waals surface area contributed by atoms with Gasteiger partial charge in [-0.2, -0.15) is 4.98 Å². The van der Waals surface area contributed by atoms with E-state index in [0.717, 1.165) is 5.69 Å². The zero-order chi connectivity index (χ0) is 13.8. The molecule has 0 unspecified atom stereocenters. The van der Waals surface area contributed by atoms with Gasteiger partial charge in [0.2, 0.25) is 5.88 Å². The van der Waals surface area contributed by atoms with E-state index < -0.39 is 4.92 Å². The molecule has 0 atom stereocenters. The highest BCUT2D eigenvalue weighted by molar-refractivity contribution is 5.48. The SMILES string of the molecule is Cc1ccc(Oc2cc([N+](=O)[O-])cc(NN)n2)cn1. The van der Waals surface area contributed by atoms with E-state index in [1.165, 1.54) is 18.3 Å². The van der Waals surface area contributed by atoms with Crippen molar-refractivity contribution in [3.05, 3.63) is 46.3 Å². The molecule has 0 aliphatic rings. The highest BCUT2D eigenvalue weighted by atomic mass is 16.6. The van der Waals surface area contributed by atoms with Crippen molar-refractivity contribution in [1.29, 1.82) is 0 Å². The molecule has 3 N–H and O–H groups in total. The molecule has 0 fully saturated rings. The zero-order valence-electron chi connectivity index (χ0n) is 10.0. The molecule has 0 saturated heterocycles. The lowest BCUT2D eigenvalue weighted by Gasteiger charge is -2.06. The van der Waals surface area contributed by atoms with E-state index in [9.17, 15) is 10.1 Å². The fraction of sp³-hybridized carbons (Fsp3) is 0.0909. The smallest absolute Gasteiger partial charge is 0.278 e. The molecule has 0 radical (unpaired) electrons. The number of pyridine rings is 2. The third-order valence-electron chi connectivity index (χ3n) is 2.25. The van der Waals surface area contributed by atoms with Crippen LogP contribution >= 0.6 is 0 Å². The molecule has 2 aromatic rings. The van der Waals surface area contributed by atoms with Crippen molar-refractivity contribution in [3.63, 3.8) is 0 Å². The van der Waals surface area contributed by atoms with E-state index in [1.807, 2.05) is 6.92 Å². The second-order valence-electron chi connectivity index (χ2n) is 3.69. The van der Waals surface area contributed by atoms with Crippen LogP contribution in [-0.2, 0) is 0 Å². The minimum Gasteiger partial charge on any atom is -0.437 e. The van der Waals surface area contributed by atoms with Crippen molar-refractivity contribution in [1.82, 2.24) is 9.97 Å². The molecule has 0 amide bonds. The first kappa shape index (κ1) is 12.7. The van der Waals surface area contributed by atoms with Crippen LogP contribution < -0.4 is 16.0 Å². The third-order valence-corrected chi connectivity index (χ3v) is 2.25. The van der Waals surface area contributed by atoms with Gasteiger partial charge in [-0.1, -0.05) is 0 Å². The van der Waals surface area contributed by atoms with Gasteiger partial charge in [0.1, 0.15) is 5.75 Å². The Labute approximate surface area is 108 Å². The summed E-state index contributed by atoms with van der Waals surface area (Å²) in [5.41, 5.74) is 2.91. The zero-order valence-corrected chi connectivity index (χ0v) is 10.0. The van der Waals surface area contributed by atoms with Gasteiger partial charge in [-0.15, -0.1) is 0 Å². The number of aromatic nitrogens is 2. The summed E-state index contributed by atoms with van der Waals surface area (Å²) in [6.07, 6.45) is 1.51. The van der Waals surface area contributed by atoms with Crippen molar-refractivity contribution >= 4 is 11.5 Å². The van der Waals surface area contributed by atoms with Crippen molar-refractivity contribution in [2.45, 2.75) is 6.92 Å². The summed E-state index contributed by atoms with van der Waals surface area (Å²) in [5.74, 6) is 5.84. The van der Waals surface area contributed by atoms with E-state index in [2.05, 4.69) is 15.4 Å². The highest BCUT2D eigenvalue weighted by Crippen LogP contribution is 2.25. The Balaban J connectivity index is 2.31. The second kappa shape index (κ2) is 5.27. The van der Waals surface area contributed by atoms with E-state index >= 15 is 0 Å². The van der Waals surface area contributed by atoms with Crippen LogP contribution in [0.1, 0.15) is 5.69 Å². The van der Waals surface area contributed by atoms with Crippen LogP contribution in [0.5, 0.6) is 11.6 Å². The first-order valence-corrected chi connectivity index (χ1v) is 5.32. The standard InChI is InChI=1S/C11H11N5O3/c1-7-2-3-9(6-13-7)19-11-5-8(16(17)18)4-10(14-11)15-12/h2-6H,12H2,1H3,(H,14,15). The van der Waals surface area contributed by atoms with Crippen LogP contribution in [0, 0.1) is 17.0 Å². The molecule has 19 heavy (non-hydrogen) atoms. The Morgan fingerprint density at radius 1 is 1.42 bits per heavy atom. The normalized spacial score (nSPS) is 10.0. The van der Waals surface area contributed by atoms with Gasteiger partial charge in [0, 0.05) is 5.69 Å². The number of aryl methyl sites for hydroxylation is 1. The second-order valence-corrected chi connectivity index (χ2v) is 3.69. The Morgan fingerprint density at radius 2 is 2.21 bits per heavy atom. The lowest BCUT2D eigenvalue weighted by molar-refractivity contribution is -0.384. The number of ether oxygens (including phenoxy) is 1. The predicted octanol–water partition coefficient (Wildman–Crippen LogP) is 1.77. The maximum atomic E-state index is 10.8. The van der Waals surface area contributed by atoms with E-state index in [1.54, 1.807) is 12.1 Å². The fourth-order valence-electron chi connectivity index (χ4n) is 1.36. The number of nitrogen functional groups attached to an aromatic ring is 1. The topological polar surface area (TPSA) is 116 Å². The summed E-state index contributed by atoms with van der Waals surface area (Å²) in [6.45, 7) is 1.84. The summed E-state index contributed by atoms with van der Waals surface area (Å²) in [5, 5.41) is 10.8. The van der Waals surface area contributed by atoms with Gasteiger partial charge < -0.3 is 10.2 Å². The molecule has 8 heteroatoms. The Morgan fingerprint density at radius 3 is 2.79 bits per heavy atom. The number of nitro groups is 1. The largest absolute Gasteiger partial charge is 0.437 e. The van der Waals surface area contributed by atoms with Gasteiger partial charge >= 0.3 is 0 Å². The minimum absolute atomic E-state index is 0.0628. The van der Waals surface area contributed by atoms with Crippen molar-refractivity contribution in [2.24, 2.45) is 5.84 Å². The van der Waals surface area contributed by atoms with E-state index in [-0.39, 0.29) is 17.4 Å². The van der Waals surface area contributed by atoms with Crippen LogP contribution in [0.2, 0.25) is 0 Å². The first-order valence-electron chi connectivity index (χ1n) is 5.32. The number of rotatable bonds is 4. The maximum Gasteiger partial charge on any atom is 0.278 e. The molecule has 0 spiro atoms. The van der Waals surface area contributed by atoms with Crippen LogP contribution in [0.25, 0.3) is 0 Å². The van der Waals surface area contributed by atoms with Crippen LogP contribution in [-0.4, -0.2) is 14.9 Å². The van der Waals surface area contributed by atoms with Gasteiger partial charge in [-0.3, -0.25) is 15.1 Å². The average molecular weight is 261 g/mol. The van der Waals surface area contributed by atoms with Gasteiger partial charge in [-0.25, -0.2) is 5.84 Å². The van der Waals surface area contributed by atoms with Crippen LogP contribution in [0.3, 0.4) is 0 Å². The maximum absolute atomic E-state index is 10.8. The van der Waals surface area contributed by atoms with Crippen molar-refractivity contribution < 1.29 is 9.66 Å². The molecular weight excluding hydrogens is 250 g/mol. The molecular formula is C11H11N5O3. The number of anilines is 1. The number of hydrogen-bond donors (Lipinski definition) is 2. The van der Waals surface area contributed by atoms with Gasteiger partial charge in [0.05, 0.1) is 23.3 Å². The van der Waals surface area contributed by atoms with E-state index in [0.29, 0.717) is 5.75 Å². The fourth-order valence-corrected chi connectivity index (χ4v) is 1.36. The Bertz CT molecular complexity index is 600. The van der Waals surface area contributed by atoms with E-state index in [4.69, 9.17) is 10.6 Å². The number of nitrogens with one attached hydrogen (secondary N) is 1. The molecule has 0 aromatic carbocycles. The third kappa shape index (κ3) is 3.13. The molecule has 2 aromatic heterocycles. The first-order chi connectivity index (χ1) is 9.08. The van der Waals surface area contributed by atoms with Gasteiger partial charge in [0.25, 0.3) is 5.69 Å². The summed E-state index contributed by atoms with van der Waals surface area (Å²) in [4.78, 5) is 18.2. The monoisotopic (exact) mass is 261 g/mol. The van der Waals surface area contributed by atoms with Gasteiger partial charge in [-0.05, 0) is 19.1 Å². The molecule has 0 saturated carbocycles. The van der Waals surface area contributed by atoms with Crippen molar-refractivity contribution in [3.8, 4) is 11.6 Å². The summed E-state index contributed by atoms with van der Waals surface area (Å²) in [6, 6.07) is 5.87. The number of nitrogens with zero attached hydrogens (tertiary/aromatic N) is 3. The Hall–Kier alpha value is -2.74. The number of hydrazine groups is 1. The minimum atomic E-state index is -0.553. The molecule has 0 bridgehead atoms. The predicted molar refractivity (Wildman–Crippen MR) is 67.7 cm³/mol. The molecule has 2 rings (SSSR count). The summed E-state index contributed by atoms with van der Waals surface area (Å²) >= 11 is 0. The molecule has 8 nitrogen and oxygen atoms in total. The highest BCUT2D eigenvalue weighted by Gasteiger charge is 2.12. The Kier molecular flexibility index (Phi) is 3.53. The molecule has 0 aliphatic heterocycles. The van der Waals surface area contributed by atoms with Gasteiger partial charge in [0.15, 0.2) is 5.82 Å². The van der Waals surface area contributed by atoms with Crippen LogP contribution in [0.4, 0.5) is 11.5 Å². The van der Waals surface area contributed by atoms with Crippen molar-refractivity contribution in [2.75, 3.05) is 5.43 Å². The molecule has 0 aliphatic carbocycles. The number of nitrogens with two attached hydrogens (primary N) is 1. The quantitative estimate of drug-likeness (QED) is 0.489. The lowest BCUT2D eigenvalue weighted by Crippen LogP contribution is -2.09. The van der Waals surface area contributed by atoms with Crippen LogP contribution in [0.15, 0.2) is 30.5 Å². The number of hydrogen-bond acceptors (Lipinski definition) is 7. The summed E-state index contributed by atoms with van der Waals surface area (Å²) in [7, 11) is 0. The average Bonchev–Trinajstić information content (AvgIpc) is 2.41. The molecule has 2 heterocycles. The lowest BCUT2D eigenvalue weighted by atomic mass is 10.3. The summed E-state index contributed by atoms with van der Waals surface area (Å²) < 4.78 is 5.39. The molecule has 98 valence electrons.